The molecule has 4 bridgehead atoms. The van der Waals surface area contributed by atoms with Crippen LogP contribution in [-0.2, 0) is 0 Å². The van der Waals surface area contributed by atoms with E-state index in [1.54, 1.807) is 0 Å². The van der Waals surface area contributed by atoms with Gasteiger partial charge in [-0.3, -0.25) is 9.98 Å². The van der Waals surface area contributed by atoms with Gasteiger partial charge in [-0.25, -0.2) is 0 Å². The zero-order valence-electron chi connectivity index (χ0n) is 13.7. The molecule has 1 aromatic rings. The van der Waals surface area contributed by atoms with Gasteiger partial charge < -0.3 is 5.32 Å². The summed E-state index contributed by atoms with van der Waals surface area (Å²) < 4.78 is 0. The third-order valence-corrected chi connectivity index (χ3v) is 6.48. The highest BCUT2D eigenvalue weighted by molar-refractivity contribution is 6.10. The average molecular weight is 307 g/mol. The van der Waals surface area contributed by atoms with Gasteiger partial charge >= 0.3 is 0 Å². The van der Waals surface area contributed by atoms with Crippen molar-refractivity contribution in [1.29, 1.82) is 0 Å². The Morgan fingerprint density at radius 2 is 1.83 bits per heavy atom. The molecule has 3 heteroatoms. The Balaban J connectivity index is 1.26. The predicted octanol–water partition coefficient (Wildman–Crippen LogP) is 3.37. The molecular weight excluding hydrogens is 282 g/mol. The number of allylic oxidation sites excluding steroid dienone is 1. The van der Waals surface area contributed by atoms with Crippen LogP contribution in [-0.4, -0.2) is 29.3 Å². The number of hydrogen-bond acceptors (Lipinski definition) is 3. The topological polar surface area (TPSA) is 37.3 Å². The molecule has 2 heterocycles. The van der Waals surface area contributed by atoms with E-state index in [0.717, 1.165) is 42.1 Å². The number of nitrogens with one attached hydrogen (secondary N) is 1. The first-order chi connectivity index (χ1) is 11.3. The van der Waals surface area contributed by atoms with Gasteiger partial charge in [-0.1, -0.05) is 0 Å². The lowest BCUT2D eigenvalue weighted by atomic mass is 9.53. The average Bonchev–Trinajstić information content (AvgIpc) is 3.02. The molecular formula is C20H25N3. The minimum Gasteiger partial charge on any atom is -0.307 e. The van der Waals surface area contributed by atoms with Gasteiger partial charge in [-0.05, 0) is 80.1 Å². The zero-order chi connectivity index (χ0) is 15.3. The van der Waals surface area contributed by atoms with Crippen molar-refractivity contribution in [2.75, 3.05) is 13.1 Å². The van der Waals surface area contributed by atoms with Crippen molar-refractivity contribution >= 4 is 5.71 Å². The molecule has 0 atom stereocenters. The van der Waals surface area contributed by atoms with Gasteiger partial charge in [0.1, 0.15) is 0 Å². The van der Waals surface area contributed by atoms with Crippen LogP contribution in [0.4, 0.5) is 0 Å². The van der Waals surface area contributed by atoms with Crippen LogP contribution in [0, 0.1) is 17.8 Å². The Morgan fingerprint density at radius 1 is 1.09 bits per heavy atom. The molecule has 4 saturated carbocycles. The quantitative estimate of drug-likeness (QED) is 0.926. The van der Waals surface area contributed by atoms with Gasteiger partial charge in [-0.2, -0.15) is 0 Å². The molecule has 120 valence electrons. The molecule has 5 aliphatic rings. The standard InChI is InChI=1S/C20H25N3/c1-2-18(13-21-3-1)19-7-17(11-22-19)12-23-20-8-14-4-15(9-20)6-16(5-14)10-20/h1-3,7,13-16,23H,4-6,8-12H2. The summed E-state index contributed by atoms with van der Waals surface area (Å²) in [5.41, 5.74) is 4.12. The van der Waals surface area contributed by atoms with Crippen molar-refractivity contribution < 1.29 is 0 Å². The number of aliphatic imine (C=N–C) groups is 1. The fraction of sp³-hybridized carbons (Fsp3) is 0.600. The second kappa shape index (κ2) is 5.27. The van der Waals surface area contributed by atoms with Crippen LogP contribution in [0.1, 0.15) is 44.1 Å². The van der Waals surface area contributed by atoms with Gasteiger partial charge in [0, 0.05) is 30.0 Å². The molecule has 23 heavy (non-hydrogen) atoms. The largest absolute Gasteiger partial charge is 0.307 e. The van der Waals surface area contributed by atoms with E-state index in [0.29, 0.717) is 5.54 Å². The fourth-order valence-corrected chi connectivity index (χ4v) is 5.90. The summed E-state index contributed by atoms with van der Waals surface area (Å²) >= 11 is 0. The predicted molar refractivity (Wildman–Crippen MR) is 92.6 cm³/mol. The van der Waals surface area contributed by atoms with Crippen molar-refractivity contribution in [2.24, 2.45) is 22.7 Å². The second-order valence-electron chi connectivity index (χ2n) is 8.30. The van der Waals surface area contributed by atoms with Gasteiger partial charge in [0.15, 0.2) is 0 Å². The Bertz CT molecular complexity index is 623. The van der Waals surface area contributed by atoms with E-state index in [1.807, 2.05) is 18.5 Å². The molecule has 0 aromatic carbocycles. The lowest BCUT2D eigenvalue weighted by molar-refractivity contribution is -0.0182. The normalized spacial score (nSPS) is 37.8. The van der Waals surface area contributed by atoms with E-state index < -0.39 is 0 Å². The second-order valence-corrected chi connectivity index (χ2v) is 8.30. The summed E-state index contributed by atoms with van der Waals surface area (Å²) in [6.07, 6.45) is 14.8. The first kappa shape index (κ1) is 13.9. The van der Waals surface area contributed by atoms with Crippen molar-refractivity contribution in [3.8, 4) is 0 Å². The first-order valence-corrected chi connectivity index (χ1v) is 9.17. The van der Waals surface area contributed by atoms with Crippen LogP contribution in [0.2, 0.25) is 0 Å². The monoisotopic (exact) mass is 307 g/mol. The third kappa shape index (κ3) is 2.55. The maximum absolute atomic E-state index is 4.70. The molecule has 1 N–H and O–H groups in total. The Hall–Kier alpha value is -1.48. The van der Waals surface area contributed by atoms with Crippen LogP contribution >= 0.6 is 0 Å². The third-order valence-electron chi connectivity index (χ3n) is 6.48. The van der Waals surface area contributed by atoms with Crippen molar-refractivity contribution in [2.45, 2.75) is 44.1 Å². The van der Waals surface area contributed by atoms with E-state index in [2.05, 4.69) is 22.4 Å². The Kier molecular flexibility index (Phi) is 3.19. The molecule has 1 aliphatic heterocycles. The molecule has 4 aliphatic carbocycles. The highest BCUT2D eigenvalue weighted by Gasteiger charge is 2.50. The molecule has 0 unspecified atom stereocenters. The molecule has 0 amide bonds. The summed E-state index contributed by atoms with van der Waals surface area (Å²) in [5, 5.41) is 3.98. The Morgan fingerprint density at radius 3 is 2.48 bits per heavy atom. The number of hydrogen-bond donors (Lipinski definition) is 1. The summed E-state index contributed by atoms with van der Waals surface area (Å²) in [6, 6.07) is 4.08. The Labute approximate surface area is 138 Å². The number of pyridine rings is 1. The molecule has 6 rings (SSSR count). The molecule has 0 spiro atoms. The first-order valence-electron chi connectivity index (χ1n) is 9.17. The van der Waals surface area contributed by atoms with E-state index in [9.17, 15) is 0 Å². The summed E-state index contributed by atoms with van der Waals surface area (Å²) in [4.78, 5) is 8.90. The van der Waals surface area contributed by atoms with Gasteiger partial charge in [0.2, 0.25) is 0 Å². The minimum absolute atomic E-state index is 0.451. The van der Waals surface area contributed by atoms with Crippen LogP contribution in [0.3, 0.4) is 0 Å². The molecule has 3 nitrogen and oxygen atoms in total. The highest BCUT2D eigenvalue weighted by atomic mass is 15.0. The fourth-order valence-electron chi connectivity index (χ4n) is 5.90. The molecule has 4 fully saturated rings. The summed E-state index contributed by atoms with van der Waals surface area (Å²) in [5.74, 6) is 3.02. The maximum atomic E-state index is 4.70. The van der Waals surface area contributed by atoms with E-state index in [-0.39, 0.29) is 0 Å². The van der Waals surface area contributed by atoms with Crippen LogP contribution < -0.4 is 5.32 Å². The maximum Gasteiger partial charge on any atom is 0.0666 e. The van der Waals surface area contributed by atoms with Crippen molar-refractivity contribution in [3.05, 3.63) is 41.7 Å². The van der Waals surface area contributed by atoms with Gasteiger partial charge in [0.05, 0.1) is 12.3 Å². The lowest BCUT2D eigenvalue weighted by Crippen LogP contribution is -2.58. The SMILES string of the molecule is C1=C(CNC23CC4CC(CC(C4)C2)C3)CN=C1c1cccnc1. The van der Waals surface area contributed by atoms with Crippen molar-refractivity contribution in [1.82, 2.24) is 10.3 Å². The molecule has 1 aromatic heterocycles. The van der Waals surface area contributed by atoms with E-state index in [4.69, 9.17) is 4.99 Å². The summed E-state index contributed by atoms with van der Waals surface area (Å²) in [6.45, 7) is 1.86. The zero-order valence-corrected chi connectivity index (χ0v) is 13.7. The smallest absolute Gasteiger partial charge is 0.0666 e. The van der Waals surface area contributed by atoms with E-state index >= 15 is 0 Å². The van der Waals surface area contributed by atoms with Crippen LogP contribution in [0.15, 0.2) is 41.2 Å². The number of aromatic nitrogens is 1. The highest BCUT2D eigenvalue weighted by Crippen LogP contribution is 2.55. The number of rotatable bonds is 4. The lowest BCUT2D eigenvalue weighted by Gasteiger charge is -2.57. The van der Waals surface area contributed by atoms with Crippen LogP contribution in [0.25, 0.3) is 0 Å². The van der Waals surface area contributed by atoms with Crippen molar-refractivity contribution in [3.63, 3.8) is 0 Å². The summed E-state index contributed by atoms with van der Waals surface area (Å²) in [7, 11) is 0. The van der Waals surface area contributed by atoms with Gasteiger partial charge in [0.25, 0.3) is 0 Å². The van der Waals surface area contributed by atoms with E-state index in [1.165, 1.54) is 44.1 Å². The van der Waals surface area contributed by atoms with Crippen LogP contribution in [0.5, 0.6) is 0 Å². The minimum atomic E-state index is 0.451. The molecule has 0 radical (unpaired) electrons. The molecule has 0 saturated heterocycles. The number of nitrogens with zero attached hydrogens (tertiary/aromatic N) is 2. The van der Waals surface area contributed by atoms with Gasteiger partial charge in [-0.15, -0.1) is 0 Å².